The number of aromatic nitrogens is 6. The van der Waals surface area contributed by atoms with E-state index in [1.807, 2.05) is 58.8 Å². The van der Waals surface area contributed by atoms with Gasteiger partial charge in [-0.3, -0.25) is 0 Å². The predicted octanol–water partition coefficient (Wildman–Crippen LogP) is 4.93. The summed E-state index contributed by atoms with van der Waals surface area (Å²) in [5.74, 6) is 2.43. The van der Waals surface area contributed by atoms with Crippen molar-refractivity contribution >= 4 is 23.8 Å². The van der Waals surface area contributed by atoms with Crippen LogP contribution in [0.2, 0.25) is 5.02 Å². The first-order valence-corrected chi connectivity index (χ1v) is 10.9. The molecule has 7 nitrogen and oxygen atoms in total. The Hall–Kier alpha value is -3.45. The van der Waals surface area contributed by atoms with E-state index < -0.39 is 0 Å². The van der Waals surface area contributed by atoms with E-state index in [1.54, 1.807) is 13.4 Å². The molecule has 0 amide bonds. The number of methoxy groups -OCH3 is 1. The molecule has 0 saturated heterocycles. The van der Waals surface area contributed by atoms with Crippen molar-refractivity contribution in [2.45, 2.75) is 32.2 Å². The minimum atomic E-state index is 0.229. The molecule has 0 saturated carbocycles. The van der Waals surface area contributed by atoms with E-state index in [0.717, 1.165) is 47.3 Å². The lowest BCUT2D eigenvalue weighted by atomic mass is 9.91. The maximum Gasteiger partial charge on any atom is 0.238 e. The SMILES string of the molecule is COc1nc(C=Cc2nc3n(n2)CCC[C@H]3c2ccc(Cl)cc2)ccc1-n1cnc(C)c1. The van der Waals surface area contributed by atoms with Gasteiger partial charge >= 0.3 is 0 Å². The molecule has 5 rings (SSSR count). The number of hydrogen-bond donors (Lipinski definition) is 0. The summed E-state index contributed by atoms with van der Waals surface area (Å²) in [7, 11) is 1.62. The summed E-state index contributed by atoms with van der Waals surface area (Å²) in [5.41, 5.74) is 3.76. The second-order valence-electron chi connectivity index (χ2n) is 7.82. The lowest BCUT2D eigenvalue weighted by molar-refractivity contribution is 0.395. The Balaban J connectivity index is 1.40. The fourth-order valence-corrected chi connectivity index (χ4v) is 4.18. The van der Waals surface area contributed by atoms with Gasteiger partial charge in [0.05, 0.1) is 24.8 Å². The Morgan fingerprint density at radius 3 is 2.69 bits per heavy atom. The maximum atomic E-state index is 6.06. The summed E-state index contributed by atoms with van der Waals surface area (Å²) in [6, 6.07) is 11.9. The molecule has 4 heterocycles. The number of benzene rings is 1. The second kappa shape index (κ2) is 8.59. The number of fused-ring (bicyclic) bond motifs is 1. The van der Waals surface area contributed by atoms with Crippen LogP contribution in [0.1, 0.15) is 47.4 Å². The largest absolute Gasteiger partial charge is 0.479 e. The summed E-state index contributed by atoms with van der Waals surface area (Å²) >= 11 is 6.06. The van der Waals surface area contributed by atoms with Crippen LogP contribution in [-0.4, -0.2) is 36.4 Å². The van der Waals surface area contributed by atoms with Crippen molar-refractivity contribution in [3.05, 3.63) is 82.5 Å². The van der Waals surface area contributed by atoms with Gasteiger partial charge in [-0.25, -0.2) is 19.6 Å². The smallest absolute Gasteiger partial charge is 0.238 e. The fourth-order valence-electron chi connectivity index (χ4n) is 4.05. The number of aryl methyl sites for hydroxylation is 2. The van der Waals surface area contributed by atoms with Crippen molar-refractivity contribution in [1.29, 1.82) is 0 Å². The van der Waals surface area contributed by atoms with Gasteiger partial charge in [-0.2, -0.15) is 5.10 Å². The van der Waals surface area contributed by atoms with E-state index in [9.17, 15) is 0 Å². The number of ether oxygens (including phenoxy) is 1. The van der Waals surface area contributed by atoms with Crippen molar-refractivity contribution < 1.29 is 4.74 Å². The van der Waals surface area contributed by atoms with Crippen molar-refractivity contribution in [1.82, 2.24) is 29.3 Å². The Bertz CT molecular complexity index is 1270. The molecule has 1 aliphatic heterocycles. The monoisotopic (exact) mass is 446 g/mol. The summed E-state index contributed by atoms with van der Waals surface area (Å²) in [5, 5.41) is 5.43. The Morgan fingerprint density at radius 2 is 1.94 bits per heavy atom. The van der Waals surface area contributed by atoms with Crippen molar-refractivity contribution in [3.8, 4) is 11.6 Å². The van der Waals surface area contributed by atoms with Crippen molar-refractivity contribution in [2.75, 3.05) is 7.11 Å². The van der Waals surface area contributed by atoms with Crippen LogP contribution >= 0.6 is 11.6 Å². The highest BCUT2D eigenvalue weighted by Crippen LogP contribution is 2.32. The van der Waals surface area contributed by atoms with Gasteiger partial charge in [-0.15, -0.1) is 0 Å². The zero-order valence-corrected chi connectivity index (χ0v) is 18.7. The summed E-state index contributed by atoms with van der Waals surface area (Å²) in [6.45, 7) is 2.83. The standard InChI is InChI=1S/C24H23ClN6O/c1-16-14-30(15-26-16)21-11-9-19(27-24(21)32-2)10-12-22-28-23-20(4-3-13-31(23)29-22)17-5-7-18(25)8-6-17/h5-12,14-15,20H,3-4,13H2,1-2H3/t20-/m0/s1. The third kappa shape index (κ3) is 4.03. The molecule has 1 aromatic carbocycles. The van der Waals surface area contributed by atoms with Crippen molar-refractivity contribution in [2.24, 2.45) is 0 Å². The van der Waals surface area contributed by atoms with Crippen LogP contribution in [0.25, 0.3) is 17.8 Å². The topological polar surface area (TPSA) is 70.7 Å². The highest BCUT2D eigenvalue weighted by atomic mass is 35.5. The molecule has 0 aliphatic carbocycles. The van der Waals surface area contributed by atoms with E-state index in [1.165, 1.54) is 5.56 Å². The van der Waals surface area contributed by atoms with E-state index in [2.05, 4.69) is 22.1 Å². The fraction of sp³-hybridized carbons (Fsp3) is 0.250. The van der Waals surface area contributed by atoms with E-state index in [-0.39, 0.29) is 5.92 Å². The van der Waals surface area contributed by atoms with Gasteiger partial charge in [0.25, 0.3) is 0 Å². The van der Waals surface area contributed by atoms with Crippen LogP contribution in [0.4, 0.5) is 0 Å². The quantitative estimate of drug-likeness (QED) is 0.435. The average molecular weight is 447 g/mol. The number of halogens is 1. The lowest BCUT2D eigenvalue weighted by Crippen LogP contribution is -2.17. The number of hydrogen-bond acceptors (Lipinski definition) is 5. The average Bonchev–Trinajstić information content (AvgIpc) is 3.43. The normalized spacial score (nSPS) is 15.8. The number of pyridine rings is 1. The molecule has 162 valence electrons. The zero-order chi connectivity index (χ0) is 22.1. The van der Waals surface area contributed by atoms with Gasteiger partial charge in [0.15, 0.2) is 5.82 Å². The molecule has 1 aliphatic rings. The summed E-state index contributed by atoms with van der Waals surface area (Å²) in [6.07, 6.45) is 9.61. The van der Waals surface area contributed by atoms with Gasteiger partial charge in [-0.1, -0.05) is 23.7 Å². The summed E-state index contributed by atoms with van der Waals surface area (Å²) in [4.78, 5) is 13.7. The van der Waals surface area contributed by atoms with Crippen LogP contribution in [-0.2, 0) is 6.54 Å². The predicted molar refractivity (Wildman–Crippen MR) is 124 cm³/mol. The van der Waals surface area contributed by atoms with Gasteiger partial charge < -0.3 is 9.30 Å². The molecule has 0 bridgehead atoms. The van der Waals surface area contributed by atoms with Gasteiger partial charge in [-0.05, 0) is 61.7 Å². The van der Waals surface area contributed by atoms with Gasteiger partial charge in [0.2, 0.25) is 5.88 Å². The number of imidazole rings is 1. The molecular formula is C24H23ClN6O. The Morgan fingerprint density at radius 1 is 1.09 bits per heavy atom. The third-order valence-electron chi connectivity index (χ3n) is 5.61. The Kier molecular flexibility index (Phi) is 5.49. The minimum Gasteiger partial charge on any atom is -0.479 e. The first-order chi connectivity index (χ1) is 15.6. The molecule has 1 atom stereocenters. The lowest BCUT2D eigenvalue weighted by Gasteiger charge is -2.22. The van der Waals surface area contributed by atoms with E-state index in [4.69, 9.17) is 26.4 Å². The molecule has 0 radical (unpaired) electrons. The highest BCUT2D eigenvalue weighted by Gasteiger charge is 2.25. The minimum absolute atomic E-state index is 0.229. The van der Waals surface area contributed by atoms with Crippen molar-refractivity contribution in [3.63, 3.8) is 0 Å². The van der Waals surface area contributed by atoms with Crippen LogP contribution in [0.5, 0.6) is 5.88 Å². The zero-order valence-electron chi connectivity index (χ0n) is 17.9. The molecular weight excluding hydrogens is 424 g/mol. The number of rotatable bonds is 5. The van der Waals surface area contributed by atoms with E-state index in [0.29, 0.717) is 11.7 Å². The van der Waals surface area contributed by atoms with Crippen LogP contribution < -0.4 is 4.74 Å². The molecule has 0 N–H and O–H groups in total. The maximum absolute atomic E-state index is 6.06. The second-order valence-corrected chi connectivity index (χ2v) is 8.25. The summed E-state index contributed by atoms with van der Waals surface area (Å²) < 4.78 is 9.42. The Labute approximate surface area is 191 Å². The third-order valence-corrected chi connectivity index (χ3v) is 5.86. The molecule has 0 fully saturated rings. The molecule has 0 spiro atoms. The highest BCUT2D eigenvalue weighted by molar-refractivity contribution is 6.30. The first-order valence-electron chi connectivity index (χ1n) is 10.5. The van der Waals surface area contributed by atoms with E-state index >= 15 is 0 Å². The molecule has 8 heteroatoms. The van der Waals surface area contributed by atoms with Crippen LogP contribution in [0.3, 0.4) is 0 Å². The van der Waals surface area contributed by atoms with Crippen LogP contribution in [0, 0.1) is 6.92 Å². The van der Waals surface area contributed by atoms with Gasteiger partial charge in [0.1, 0.15) is 11.5 Å². The molecule has 32 heavy (non-hydrogen) atoms. The number of nitrogens with zero attached hydrogens (tertiary/aromatic N) is 6. The van der Waals surface area contributed by atoms with Crippen LogP contribution in [0.15, 0.2) is 48.9 Å². The molecule has 3 aromatic heterocycles. The molecule has 0 unspecified atom stereocenters. The molecule has 4 aromatic rings. The first kappa shape index (κ1) is 20.5. The van der Waals surface area contributed by atoms with Gasteiger partial charge in [0, 0.05) is 23.7 Å².